The fourth-order valence-electron chi connectivity index (χ4n) is 3.80. The smallest absolute Gasteiger partial charge is 0.264 e. The summed E-state index contributed by atoms with van der Waals surface area (Å²) in [7, 11) is 0. The van der Waals surface area contributed by atoms with E-state index in [1.165, 1.54) is 20.9 Å². The molecule has 2 aliphatic rings. The van der Waals surface area contributed by atoms with Gasteiger partial charge in [0, 0.05) is 63.0 Å². The van der Waals surface area contributed by atoms with E-state index in [-0.39, 0.29) is 5.91 Å². The molecule has 0 unspecified atom stereocenters. The number of amides is 1. The van der Waals surface area contributed by atoms with Gasteiger partial charge in [-0.2, -0.15) is 0 Å². The van der Waals surface area contributed by atoms with Crippen LogP contribution in [0.1, 0.15) is 15.2 Å². The van der Waals surface area contributed by atoms with Gasteiger partial charge in [0.2, 0.25) is 0 Å². The molecule has 3 nitrogen and oxygen atoms in total. The molecule has 5 rings (SSSR count). The second-order valence-electron chi connectivity index (χ2n) is 7.15. The van der Waals surface area contributed by atoms with Gasteiger partial charge in [-0.05, 0) is 48.0 Å². The fourth-order valence-corrected chi connectivity index (χ4v) is 6.58. The van der Waals surface area contributed by atoms with E-state index in [9.17, 15) is 4.79 Å². The molecular formula is C22H18Cl2N2OS2. The van der Waals surface area contributed by atoms with Gasteiger partial charge >= 0.3 is 0 Å². The highest BCUT2D eigenvalue weighted by Crippen LogP contribution is 2.46. The minimum Gasteiger partial charge on any atom is -0.368 e. The highest BCUT2D eigenvalue weighted by Gasteiger charge is 2.27. The van der Waals surface area contributed by atoms with E-state index >= 15 is 0 Å². The summed E-state index contributed by atoms with van der Waals surface area (Å²) >= 11 is 15.5. The van der Waals surface area contributed by atoms with Crippen molar-refractivity contribution in [2.24, 2.45) is 0 Å². The average molecular weight is 461 g/mol. The number of fused-ring (bicyclic) bond motifs is 3. The SMILES string of the molecule is O=C(c1cc2c(s1)-c1ccc(Cl)cc1SC2)N1CCN(c2ccc(Cl)cc2)CC1. The number of thiophene rings is 1. The first-order valence-electron chi connectivity index (χ1n) is 9.44. The molecule has 1 aromatic heterocycles. The van der Waals surface area contributed by atoms with Crippen molar-refractivity contribution in [2.75, 3.05) is 31.1 Å². The van der Waals surface area contributed by atoms with Crippen molar-refractivity contribution in [3.8, 4) is 10.4 Å². The molecule has 3 heterocycles. The van der Waals surface area contributed by atoms with E-state index in [2.05, 4.69) is 17.0 Å². The highest BCUT2D eigenvalue weighted by molar-refractivity contribution is 7.98. The van der Waals surface area contributed by atoms with Crippen molar-refractivity contribution < 1.29 is 4.79 Å². The normalized spacial score (nSPS) is 15.8. The third-order valence-corrected chi connectivity index (χ3v) is 8.14. The maximum Gasteiger partial charge on any atom is 0.264 e. The topological polar surface area (TPSA) is 23.6 Å². The number of thioether (sulfide) groups is 1. The summed E-state index contributed by atoms with van der Waals surface area (Å²) in [5.41, 5.74) is 3.59. The second-order valence-corrected chi connectivity index (χ2v) is 10.1. The highest BCUT2D eigenvalue weighted by atomic mass is 35.5. The Bertz CT molecular complexity index is 1070. The predicted molar refractivity (Wildman–Crippen MR) is 124 cm³/mol. The van der Waals surface area contributed by atoms with Crippen LogP contribution < -0.4 is 4.90 Å². The average Bonchev–Trinajstić information content (AvgIpc) is 3.18. The van der Waals surface area contributed by atoms with Crippen LogP contribution in [0, 0.1) is 0 Å². The van der Waals surface area contributed by atoms with Gasteiger partial charge < -0.3 is 9.80 Å². The van der Waals surface area contributed by atoms with Crippen LogP contribution in [-0.2, 0) is 5.75 Å². The number of hydrogen-bond acceptors (Lipinski definition) is 4. The minimum atomic E-state index is 0.140. The Balaban J connectivity index is 1.31. The number of benzene rings is 2. The van der Waals surface area contributed by atoms with Gasteiger partial charge in [0.05, 0.1) is 4.88 Å². The van der Waals surface area contributed by atoms with Gasteiger partial charge in [-0.25, -0.2) is 0 Å². The van der Waals surface area contributed by atoms with E-state index in [1.807, 2.05) is 41.3 Å². The Hall–Kier alpha value is -1.66. The number of anilines is 1. The van der Waals surface area contributed by atoms with Crippen LogP contribution in [0.5, 0.6) is 0 Å². The largest absolute Gasteiger partial charge is 0.368 e. The van der Waals surface area contributed by atoms with Crippen LogP contribution in [0.3, 0.4) is 0 Å². The van der Waals surface area contributed by atoms with Crippen LogP contribution >= 0.6 is 46.3 Å². The molecule has 0 aliphatic carbocycles. The molecule has 2 aromatic carbocycles. The maximum atomic E-state index is 13.1. The van der Waals surface area contributed by atoms with Crippen LogP contribution in [0.15, 0.2) is 53.4 Å². The van der Waals surface area contributed by atoms with E-state index in [4.69, 9.17) is 23.2 Å². The first-order valence-corrected chi connectivity index (χ1v) is 12.0. The summed E-state index contributed by atoms with van der Waals surface area (Å²) < 4.78 is 0. The van der Waals surface area contributed by atoms with E-state index < -0.39 is 0 Å². The molecule has 29 heavy (non-hydrogen) atoms. The van der Waals surface area contributed by atoms with Gasteiger partial charge in [0.15, 0.2) is 0 Å². The number of nitrogens with zero attached hydrogens (tertiary/aromatic N) is 2. The molecule has 0 radical (unpaired) electrons. The number of piperazine rings is 1. The van der Waals surface area contributed by atoms with Crippen LogP contribution in [0.2, 0.25) is 10.0 Å². The zero-order chi connectivity index (χ0) is 20.0. The summed E-state index contributed by atoms with van der Waals surface area (Å²) in [6, 6.07) is 16.0. The van der Waals surface area contributed by atoms with Gasteiger partial charge in [-0.1, -0.05) is 29.3 Å². The summed E-state index contributed by atoms with van der Waals surface area (Å²) in [5.74, 6) is 1.03. The standard InChI is InChI=1S/C22H18Cl2N2OS2/c23-15-1-4-17(5-2-15)25-7-9-26(10-8-25)22(27)20-11-14-13-28-19-12-16(24)3-6-18(19)21(14)29-20/h1-6,11-12H,7-10,13H2. The molecule has 0 bridgehead atoms. The van der Waals surface area contributed by atoms with Gasteiger partial charge in [0.1, 0.15) is 0 Å². The molecular weight excluding hydrogens is 443 g/mol. The second kappa shape index (κ2) is 7.88. The number of carbonyl (C=O) groups is 1. The zero-order valence-corrected chi connectivity index (χ0v) is 18.7. The molecule has 2 aliphatic heterocycles. The lowest BCUT2D eigenvalue weighted by Gasteiger charge is -2.36. The summed E-state index contributed by atoms with van der Waals surface area (Å²) in [5, 5.41) is 1.50. The first kappa shape index (κ1) is 19.3. The third kappa shape index (κ3) is 3.77. The molecule has 1 saturated heterocycles. The molecule has 3 aromatic rings. The van der Waals surface area contributed by atoms with Crippen LogP contribution in [0.4, 0.5) is 5.69 Å². The lowest BCUT2D eigenvalue weighted by molar-refractivity contribution is 0.0751. The molecule has 148 valence electrons. The maximum absolute atomic E-state index is 13.1. The monoisotopic (exact) mass is 460 g/mol. The van der Waals surface area contributed by atoms with Crippen molar-refractivity contribution in [3.05, 3.63) is 69.0 Å². The Morgan fingerprint density at radius 2 is 1.62 bits per heavy atom. The molecule has 1 amide bonds. The quantitative estimate of drug-likeness (QED) is 0.448. The van der Waals surface area contributed by atoms with Crippen LogP contribution in [0.25, 0.3) is 10.4 Å². The van der Waals surface area contributed by atoms with E-state index in [0.29, 0.717) is 0 Å². The molecule has 7 heteroatoms. The molecule has 0 saturated carbocycles. The molecule has 0 spiro atoms. The fraction of sp³-hybridized carbons (Fsp3) is 0.227. The van der Waals surface area contributed by atoms with Gasteiger partial charge in [-0.3, -0.25) is 4.79 Å². The Morgan fingerprint density at radius 1 is 0.897 bits per heavy atom. The predicted octanol–water partition coefficient (Wildman–Crippen LogP) is 6.29. The first-order chi connectivity index (χ1) is 14.1. The number of hydrogen-bond donors (Lipinski definition) is 0. The molecule has 0 atom stereocenters. The lowest BCUT2D eigenvalue weighted by atomic mass is 10.1. The number of rotatable bonds is 2. The zero-order valence-electron chi connectivity index (χ0n) is 15.5. The summed E-state index contributed by atoms with van der Waals surface area (Å²) in [6.45, 7) is 3.11. The van der Waals surface area contributed by atoms with Crippen LogP contribution in [-0.4, -0.2) is 37.0 Å². The van der Waals surface area contributed by atoms with E-state index in [0.717, 1.165) is 52.5 Å². The van der Waals surface area contributed by atoms with Crippen molar-refractivity contribution in [1.29, 1.82) is 0 Å². The van der Waals surface area contributed by atoms with E-state index in [1.54, 1.807) is 23.1 Å². The number of carbonyl (C=O) groups excluding carboxylic acids is 1. The Morgan fingerprint density at radius 3 is 2.38 bits per heavy atom. The lowest BCUT2D eigenvalue weighted by Crippen LogP contribution is -2.48. The van der Waals surface area contributed by atoms with Crippen molar-refractivity contribution in [1.82, 2.24) is 4.90 Å². The Labute approximate surface area is 188 Å². The summed E-state index contributed by atoms with van der Waals surface area (Å²) in [6.07, 6.45) is 0. The van der Waals surface area contributed by atoms with Crippen molar-refractivity contribution >= 4 is 57.9 Å². The van der Waals surface area contributed by atoms with Crippen molar-refractivity contribution in [3.63, 3.8) is 0 Å². The van der Waals surface area contributed by atoms with Gasteiger partial charge in [0.25, 0.3) is 5.91 Å². The Kier molecular flexibility index (Phi) is 5.25. The van der Waals surface area contributed by atoms with Gasteiger partial charge in [-0.15, -0.1) is 23.1 Å². The third-order valence-electron chi connectivity index (χ3n) is 5.35. The molecule has 0 N–H and O–H groups in total. The van der Waals surface area contributed by atoms with Crippen molar-refractivity contribution in [2.45, 2.75) is 10.6 Å². The summed E-state index contributed by atoms with van der Waals surface area (Å²) in [4.78, 5) is 20.7. The molecule has 1 fully saturated rings. The number of halogens is 2. The minimum absolute atomic E-state index is 0.140.